The molecule has 0 bridgehead atoms. The summed E-state index contributed by atoms with van der Waals surface area (Å²) in [6, 6.07) is 4.10. The number of piperazine rings is 1. The van der Waals surface area contributed by atoms with Gasteiger partial charge in [-0.3, -0.25) is 4.79 Å². The number of thiazole rings is 1. The van der Waals surface area contributed by atoms with Gasteiger partial charge in [-0.25, -0.2) is 4.98 Å². The first-order valence-electron chi connectivity index (χ1n) is 7.24. The van der Waals surface area contributed by atoms with Crippen LogP contribution in [-0.4, -0.2) is 53.4 Å². The number of amides is 1. The van der Waals surface area contributed by atoms with E-state index < -0.39 is 0 Å². The second-order valence-corrected chi connectivity index (χ2v) is 6.92. The summed E-state index contributed by atoms with van der Waals surface area (Å²) in [6.45, 7) is 6.89. The van der Waals surface area contributed by atoms with Crippen LogP contribution in [0.5, 0.6) is 0 Å². The lowest BCUT2D eigenvalue weighted by Crippen LogP contribution is -2.48. The third kappa shape index (κ3) is 3.51. The molecule has 0 aliphatic carbocycles. The lowest BCUT2D eigenvalue weighted by Gasteiger charge is -2.34. The Hall–Kier alpha value is -1.24. The number of hydrogen-bond donors (Lipinski definition) is 0. The first kappa shape index (κ1) is 14.7. The molecule has 0 atom stereocenters. The Labute approximate surface area is 133 Å². The molecule has 112 valence electrons. The van der Waals surface area contributed by atoms with Gasteiger partial charge in [0.2, 0.25) is 5.91 Å². The third-order valence-electron chi connectivity index (χ3n) is 3.79. The molecule has 21 heavy (non-hydrogen) atoms. The average molecular weight is 321 g/mol. The summed E-state index contributed by atoms with van der Waals surface area (Å²) in [4.78, 5) is 22.4. The molecule has 2 aromatic heterocycles. The molecule has 3 heterocycles. The van der Waals surface area contributed by atoms with Gasteiger partial charge in [0.05, 0.1) is 17.0 Å². The first-order valence-corrected chi connectivity index (χ1v) is 9.00. The molecule has 0 unspecified atom stereocenters. The molecule has 1 fully saturated rings. The van der Waals surface area contributed by atoms with Gasteiger partial charge >= 0.3 is 0 Å². The highest BCUT2D eigenvalue weighted by atomic mass is 32.1. The van der Waals surface area contributed by atoms with E-state index in [9.17, 15) is 4.79 Å². The zero-order valence-corrected chi connectivity index (χ0v) is 13.8. The van der Waals surface area contributed by atoms with Crippen LogP contribution < -0.4 is 0 Å². The van der Waals surface area contributed by atoms with Crippen LogP contribution in [0.3, 0.4) is 0 Å². The monoisotopic (exact) mass is 321 g/mol. The third-order valence-corrected chi connectivity index (χ3v) is 5.72. The van der Waals surface area contributed by atoms with E-state index in [4.69, 9.17) is 0 Å². The zero-order valence-electron chi connectivity index (χ0n) is 12.1. The van der Waals surface area contributed by atoms with Crippen LogP contribution in [0.1, 0.15) is 12.6 Å². The molecular weight excluding hydrogens is 302 g/mol. The van der Waals surface area contributed by atoms with E-state index in [-0.39, 0.29) is 5.91 Å². The SMILES string of the molecule is CCN1CCN(C(=O)Cc2csc(-c3cccs3)n2)CC1. The summed E-state index contributed by atoms with van der Waals surface area (Å²) in [5.41, 5.74) is 0.895. The lowest BCUT2D eigenvalue weighted by molar-refractivity contribution is -0.132. The Bertz CT molecular complexity index is 586. The molecule has 4 nitrogen and oxygen atoms in total. The molecule has 1 aliphatic heterocycles. The van der Waals surface area contributed by atoms with Gasteiger partial charge in [-0.15, -0.1) is 22.7 Å². The minimum atomic E-state index is 0.203. The molecule has 1 saturated heterocycles. The van der Waals surface area contributed by atoms with E-state index in [1.54, 1.807) is 22.7 Å². The largest absolute Gasteiger partial charge is 0.340 e. The molecule has 1 amide bonds. The Morgan fingerprint density at radius 2 is 2.10 bits per heavy atom. The molecule has 0 spiro atoms. The summed E-state index contributed by atoms with van der Waals surface area (Å²) >= 11 is 3.31. The minimum Gasteiger partial charge on any atom is -0.340 e. The topological polar surface area (TPSA) is 36.4 Å². The first-order chi connectivity index (χ1) is 10.3. The van der Waals surface area contributed by atoms with Crippen LogP contribution in [0.25, 0.3) is 9.88 Å². The molecule has 1 aliphatic rings. The van der Waals surface area contributed by atoms with E-state index in [2.05, 4.69) is 28.3 Å². The molecule has 2 aromatic rings. The van der Waals surface area contributed by atoms with Gasteiger partial charge in [-0.2, -0.15) is 0 Å². The van der Waals surface area contributed by atoms with Gasteiger partial charge < -0.3 is 9.80 Å². The van der Waals surface area contributed by atoms with E-state index >= 15 is 0 Å². The van der Waals surface area contributed by atoms with Gasteiger partial charge in [0.1, 0.15) is 5.01 Å². The van der Waals surface area contributed by atoms with Crippen molar-refractivity contribution in [1.29, 1.82) is 0 Å². The van der Waals surface area contributed by atoms with Gasteiger partial charge in [0.25, 0.3) is 0 Å². The fourth-order valence-corrected chi connectivity index (χ4v) is 4.12. The number of rotatable bonds is 4. The molecule has 0 aromatic carbocycles. The van der Waals surface area contributed by atoms with Crippen LogP contribution in [0.15, 0.2) is 22.9 Å². The van der Waals surface area contributed by atoms with Crippen LogP contribution >= 0.6 is 22.7 Å². The van der Waals surface area contributed by atoms with Crippen LogP contribution in [0, 0.1) is 0 Å². The number of carbonyl (C=O) groups is 1. The fraction of sp³-hybridized carbons (Fsp3) is 0.467. The number of nitrogens with zero attached hydrogens (tertiary/aromatic N) is 3. The number of likely N-dealkylation sites (N-methyl/N-ethyl adjacent to an activating group) is 1. The fourth-order valence-electron chi connectivity index (χ4n) is 2.48. The molecule has 0 N–H and O–H groups in total. The maximum Gasteiger partial charge on any atom is 0.228 e. The molecular formula is C15H19N3OS2. The summed E-state index contributed by atoms with van der Waals surface area (Å²) < 4.78 is 0. The van der Waals surface area contributed by atoms with E-state index in [1.807, 2.05) is 16.3 Å². The maximum absolute atomic E-state index is 12.3. The van der Waals surface area contributed by atoms with Crippen LogP contribution in [0.4, 0.5) is 0 Å². The van der Waals surface area contributed by atoms with Crippen molar-refractivity contribution in [2.24, 2.45) is 0 Å². The normalized spacial score (nSPS) is 16.3. The highest BCUT2D eigenvalue weighted by Crippen LogP contribution is 2.28. The zero-order chi connectivity index (χ0) is 14.7. The van der Waals surface area contributed by atoms with Gasteiger partial charge in [-0.05, 0) is 18.0 Å². The Kier molecular flexibility index (Phi) is 4.67. The number of hydrogen-bond acceptors (Lipinski definition) is 5. The van der Waals surface area contributed by atoms with E-state index in [0.717, 1.165) is 43.4 Å². The smallest absolute Gasteiger partial charge is 0.228 e. The van der Waals surface area contributed by atoms with E-state index in [1.165, 1.54) is 4.88 Å². The van der Waals surface area contributed by atoms with Crippen molar-refractivity contribution in [2.45, 2.75) is 13.3 Å². The number of aromatic nitrogens is 1. The van der Waals surface area contributed by atoms with Crippen LogP contribution in [0.2, 0.25) is 0 Å². The second-order valence-electron chi connectivity index (χ2n) is 5.11. The van der Waals surface area contributed by atoms with Crippen LogP contribution in [-0.2, 0) is 11.2 Å². The highest BCUT2D eigenvalue weighted by molar-refractivity contribution is 7.20. The average Bonchev–Trinajstić information content (AvgIpc) is 3.18. The molecule has 6 heteroatoms. The van der Waals surface area contributed by atoms with Crippen molar-refractivity contribution in [3.63, 3.8) is 0 Å². The molecule has 0 saturated carbocycles. The van der Waals surface area contributed by atoms with Crippen molar-refractivity contribution < 1.29 is 4.79 Å². The van der Waals surface area contributed by atoms with Crippen molar-refractivity contribution in [2.75, 3.05) is 32.7 Å². The van der Waals surface area contributed by atoms with Crippen molar-refractivity contribution in [3.05, 3.63) is 28.6 Å². The van der Waals surface area contributed by atoms with Crippen molar-refractivity contribution >= 4 is 28.6 Å². The number of carbonyl (C=O) groups excluding carboxylic acids is 1. The van der Waals surface area contributed by atoms with Gasteiger partial charge in [-0.1, -0.05) is 13.0 Å². The second kappa shape index (κ2) is 6.68. The minimum absolute atomic E-state index is 0.203. The quantitative estimate of drug-likeness (QED) is 0.868. The Morgan fingerprint density at radius 1 is 1.29 bits per heavy atom. The summed E-state index contributed by atoms with van der Waals surface area (Å²) in [5, 5.41) is 5.08. The van der Waals surface area contributed by atoms with Gasteiger partial charge in [0.15, 0.2) is 0 Å². The summed E-state index contributed by atoms with van der Waals surface area (Å²) in [6.07, 6.45) is 0.425. The highest BCUT2D eigenvalue weighted by Gasteiger charge is 2.21. The number of thiophene rings is 1. The van der Waals surface area contributed by atoms with E-state index in [0.29, 0.717) is 6.42 Å². The standard InChI is InChI=1S/C15H19N3OS2/c1-2-17-5-7-18(8-6-17)14(19)10-12-11-21-15(16-12)13-4-3-9-20-13/h3-4,9,11H,2,5-8,10H2,1H3. The predicted octanol–water partition coefficient (Wildman–Crippen LogP) is 2.58. The maximum atomic E-state index is 12.3. The molecule has 3 rings (SSSR count). The van der Waals surface area contributed by atoms with Crippen molar-refractivity contribution in [3.8, 4) is 9.88 Å². The summed E-state index contributed by atoms with van der Waals surface area (Å²) in [7, 11) is 0. The lowest BCUT2D eigenvalue weighted by atomic mass is 10.2. The van der Waals surface area contributed by atoms with Crippen molar-refractivity contribution in [1.82, 2.24) is 14.8 Å². The summed E-state index contributed by atoms with van der Waals surface area (Å²) in [5.74, 6) is 0.203. The Balaban J connectivity index is 1.58. The van der Waals surface area contributed by atoms with Gasteiger partial charge in [0, 0.05) is 31.6 Å². The Morgan fingerprint density at radius 3 is 2.76 bits per heavy atom. The molecule has 0 radical (unpaired) electrons. The predicted molar refractivity (Wildman–Crippen MR) is 87.8 cm³/mol.